The molecular weight excluding hydrogens is 410 g/mol. The summed E-state index contributed by atoms with van der Waals surface area (Å²) in [6.45, 7) is 2.96. The molecule has 2 atom stereocenters. The van der Waals surface area contributed by atoms with Crippen LogP contribution in [-0.2, 0) is 14.4 Å². The first-order valence-corrected chi connectivity index (χ1v) is 11.5. The van der Waals surface area contributed by atoms with Crippen molar-refractivity contribution in [1.29, 1.82) is 0 Å². The Kier molecular flexibility index (Phi) is 7.04. The number of piperazine rings is 1. The molecule has 0 unspecified atom stereocenters. The van der Waals surface area contributed by atoms with E-state index in [1.807, 2.05) is 6.07 Å². The Morgan fingerprint density at radius 3 is 2.44 bits per heavy atom. The Morgan fingerprint density at radius 2 is 1.72 bits per heavy atom. The monoisotopic (exact) mass is 441 g/mol. The molecule has 3 aliphatic rings. The third-order valence-electron chi connectivity index (χ3n) is 6.56. The van der Waals surface area contributed by atoms with E-state index in [2.05, 4.69) is 16.0 Å². The number of carbonyl (C=O) groups is 4. The molecule has 3 aliphatic heterocycles. The molecule has 9 nitrogen and oxygen atoms in total. The maximum Gasteiger partial charge on any atom is 0.253 e. The quantitative estimate of drug-likeness (QED) is 0.596. The number of hydrogen-bond donors (Lipinski definition) is 3. The molecule has 0 aromatic heterocycles. The van der Waals surface area contributed by atoms with Gasteiger partial charge in [0.25, 0.3) is 5.91 Å². The highest BCUT2D eigenvalue weighted by molar-refractivity contribution is 5.96. The molecule has 0 saturated carbocycles. The van der Waals surface area contributed by atoms with Crippen LogP contribution in [0.3, 0.4) is 0 Å². The lowest BCUT2D eigenvalue weighted by Gasteiger charge is -2.42. The third-order valence-corrected chi connectivity index (χ3v) is 6.56. The minimum Gasteiger partial charge on any atom is -0.354 e. The van der Waals surface area contributed by atoms with Gasteiger partial charge in [-0.25, -0.2) is 0 Å². The van der Waals surface area contributed by atoms with Crippen molar-refractivity contribution in [2.75, 3.05) is 39.3 Å². The Bertz CT molecular complexity index is 855. The topological polar surface area (TPSA) is 111 Å². The van der Waals surface area contributed by atoms with E-state index in [-0.39, 0.29) is 36.1 Å². The molecule has 4 rings (SSSR count). The molecule has 3 N–H and O–H groups in total. The van der Waals surface area contributed by atoms with Gasteiger partial charge in [-0.05, 0) is 50.9 Å². The standard InChI is InChI=1S/C23H31N5O4/c29-20-18(7-4-10-25-20)26-21(30)19-15-27(22(31)16-5-2-1-3-6-16)13-14-28(19)23(32)17-8-11-24-12-9-17/h1-3,5-6,17-19,24H,4,7-15H2,(H,25,29)(H,26,30)/t18-,19+/m1/s1. The zero-order valence-corrected chi connectivity index (χ0v) is 18.2. The lowest BCUT2D eigenvalue weighted by atomic mass is 9.95. The predicted molar refractivity (Wildman–Crippen MR) is 118 cm³/mol. The third kappa shape index (κ3) is 4.93. The van der Waals surface area contributed by atoms with Gasteiger partial charge in [0.2, 0.25) is 17.7 Å². The normalized spacial score (nSPS) is 24.6. The fourth-order valence-electron chi connectivity index (χ4n) is 4.70. The number of amides is 4. The average molecular weight is 442 g/mol. The number of benzene rings is 1. The summed E-state index contributed by atoms with van der Waals surface area (Å²) in [5.74, 6) is -0.894. The molecule has 3 saturated heterocycles. The highest BCUT2D eigenvalue weighted by Crippen LogP contribution is 2.21. The van der Waals surface area contributed by atoms with Crippen LogP contribution in [0.1, 0.15) is 36.0 Å². The molecule has 4 amide bonds. The van der Waals surface area contributed by atoms with Crippen LogP contribution in [0.15, 0.2) is 30.3 Å². The Balaban J connectivity index is 1.51. The van der Waals surface area contributed by atoms with Crippen molar-refractivity contribution in [2.45, 2.75) is 37.8 Å². The van der Waals surface area contributed by atoms with E-state index < -0.39 is 12.1 Å². The van der Waals surface area contributed by atoms with Crippen molar-refractivity contribution in [3.8, 4) is 0 Å². The Labute approximate surface area is 187 Å². The maximum absolute atomic E-state index is 13.3. The van der Waals surface area contributed by atoms with Crippen LogP contribution < -0.4 is 16.0 Å². The van der Waals surface area contributed by atoms with Gasteiger partial charge in [-0.2, -0.15) is 0 Å². The number of rotatable bonds is 4. The van der Waals surface area contributed by atoms with Gasteiger partial charge in [0, 0.05) is 31.1 Å². The van der Waals surface area contributed by atoms with Gasteiger partial charge in [0.05, 0.1) is 6.54 Å². The van der Waals surface area contributed by atoms with Gasteiger partial charge in [-0.1, -0.05) is 18.2 Å². The van der Waals surface area contributed by atoms with E-state index in [0.29, 0.717) is 31.6 Å². The van der Waals surface area contributed by atoms with E-state index in [1.165, 1.54) is 0 Å². The van der Waals surface area contributed by atoms with Gasteiger partial charge >= 0.3 is 0 Å². The lowest BCUT2D eigenvalue weighted by molar-refractivity contribution is -0.147. The zero-order chi connectivity index (χ0) is 22.5. The average Bonchev–Trinajstić information content (AvgIpc) is 2.85. The highest BCUT2D eigenvalue weighted by Gasteiger charge is 2.40. The van der Waals surface area contributed by atoms with Crippen molar-refractivity contribution >= 4 is 23.6 Å². The summed E-state index contributed by atoms with van der Waals surface area (Å²) >= 11 is 0. The SMILES string of the molecule is O=C1NCCC[C@H]1NC(=O)[C@@H]1CN(C(=O)c2ccccc2)CCN1C(=O)C1CCNCC1. The summed E-state index contributed by atoms with van der Waals surface area (Å²) in [5, 5.41) is 8.86. The van der Waals surface area contributed by atoms with E-state index in [4.69, 9.17) is 0 Å². The van der Waals surface area contributed by atoms with Crippen LogP contribution in [-0.4, -0.2) is 84.8 Å². The van der Waals surface area contributed by atoms with Gasteiger partial charge in [0.15, 0.2) is 0 Å². The number of nitrogens with one attached hydrogen (secondary N) is 3. The molecule has 172 valence electrons. The summed E-state index contributed by atoms with van der Waals surface area (Å²) < 4.78 is 0. The van der Waals surface area contributed by atoms with E-state index in [0.717, 1.165) is 32.4 Å². The van der Waals surface area contributed by atoms with Gasteiger partial charge in [-0.3, -0.25) is 19.2 Å². The van der Waals surface area contributed by atoms with Crippen molar-refractivity contribution < 1.29 is 19.2 Å². The van der Waals surface area contributed by atoms with Gasteiger partial charge < -0.3 is 25.8 Å². The molecule has 1 aromatic carbocycles. The van der Waals surface area contributed by atoms with Gasteiger partial charge in [-0.15, -0.1) is 0 Å². The summed E-state index contributed by atoms with van der Waals surface area (Å²) in [5.41, 5.74) is 0.552. The first-order chi connectivity index (χ1) is 15.5. The van der Waals surface area contributed by atoms with Crippen LogP contribution in [0.2, 0.25) is 0 Å². The minimum absolute atomic E-state index is 0.0356. The van der Waals surface area contributed by atoms with Crippen LogP contribution in [0.25, 0.3) is 0 Å². The first kappa shape index (κ1) is 22.3. The van der Waals surface area contributed by atoms with Crippen LogP contribution in [0.4, 0.5) is 0 Å². The van der Waals surface area contributed by atoms with Crippen molar-refractivity contribution in [1.82, 2.24) is 25.8 Å². The second kappa shape index (κ2) is 10.1. The van der Waals surface area contributed by atoms with Crippen LogP contribution >= 0.6 is 0 Å². The number of hydrogen-bond acceptors (Lipinski definition) is 5. The smallest absolute Gasteiger partial charge is 0.253 e. The zero-order valence-electron chi connectivity index (χ0n) is 18.2. The predicted octanol–water partition coefficient (Wildman–Crippen LogP) is -0.266. The van der Waals surface area contributed by atoms with E-state index in [1.54, 1.807) is 34.1 Å². The fourth-order valence-corrected chi connectivity index (χ4v) is 4.70. The number of carbonyl (C=O) groups excluding carboxylic acids is 4. The summed E-state index contributed by atoms with van der Waals surface area (Å²) in [6, 6.07) is 7.53. The number of piperidine rings is 2. The molecule has 32 heavy (non-hydrogen) atoms. The fraction of sp³-hybridized carbons (Fsp3) is 0.565. The highest BCUT2D eigenvalue weighted by atomic mass is 16.2. The first-order valence-electron chi connectivity index (χ1n) is 11.5. The maximum atomic E-state index is 13.3. The lowest BCUT2D eigenvalue weighted by Crippen LogP contribution is -2.64. The Hall–Kier alpha value is -2.94. The second-order valence-electron chi connectivity index (χ2n) is 8.68. The molecule has 3 heterocycles. The summed E-state index contributed by atoms with van der Waals surface area (Å²) in [7, 11) is 0. The largest absolute Gasteiger partial charge is 0.354 e. The van der Waals surface area contributed by atoms with Crippen LogP contribution in [0.5, 0.6) is 0 Å². The minimum atomic E-state index is -0.812. The molecular formula is C23H31N5O4. The van der Waals surface area contributed by atoms with Crippen LogP contribution in [0, 0.1) is 5.92 Å². The van der Waals surface area contributed by atoms with E-state index >= 15 is 0 Å². The van der Waals surface area contributed by atoms with Crippen molar-refractivity contribution in [2.24, 2.45) is 5.92 Å². The number of nitrogens with zero attached hydrogens (tertiary/aromatic N) is 2. The molecule has 1 aromatic rings. The molecule has 3 fully saturated rings. The van der Waals surface area contributed by atoms with Crippen molar-refractivity contribution in [3.05, 3.63) is 35.9 Å². The molecule has 9 heteroatoms. The molecule has 0 spiro atoms. The summed E-state index contributed by atoms with van der Waals surface area (Å²) in [6.07, 6.45) is 2.83. The molecule has 0 radical (unpaired) electrons. The summed E-state index contributed by atoms with van der Waals surface area (Å²) in [4.78, 5) is 55.0. The Morgan fingerprint density at radius 1 is 0.969 bits per heavy atom. The molecule has 0 bridgehead atoms. The van der Waals surface area contributed by atoms with Crippen molar-refractivity contribution in [3.63, 3.8) is 0 Å². The molecule has 0 aliphatic carbocycles. The van der Waals surface area contributed by atoms with Gasteiger partial charge in [0.1, 0.15) is 12.1 Å². The second-order valence-corrected chi connectivity index (χ2v) is 8.68. The van der Waals surface area contributed by atoms with E-state index in [9.17, 15) is 19.2 Å².